The normalized spacial score (nSPS) is 10.3. The van der Waals surface area contributed by atoms with Crippen molar-refractivity contribution in [3.63, 3.8) is 0 Å². The van der Waals surface area contributed by atoms with Crippen molar-refractivity contribution in [3.8, 4) is 0 Å². The standard InChI is InChI=1S/C11H11N3O/c1-8-3-9(5-12-4-8)11(15)10-6-13-14(2)7-10/h3-7H,1-2H3. The lowest BCUT2D eigenvalue weighted by atomic mass is 10.1. The molecule has 76 valence electrons. The van der Waals surface area contributed by atoms with Crippen molar-refractivity contribution < 1.29 is 4.79 Å². The van der Waals surface area contributed by atoms with Gasteiger partial charge in [-0.1, -0.05) is 0 Å². The second-order valence-electron chi connectivity index (χ2n) is 3.48. The fraction of sp³-hybridized carbons (Fsp3) is 0.182. The number of ketones is 1. The molecule has 0 aromatic carbocycles. The highest BCUT2D eigenvalue weighted by atomic mass is 16.1. The summed E-state index contributed by atoms with van der Waals surface area (Å²) >= 11 is 0. The minimum Gasteiger partial charge on any atom is -0.288 e. The molecule has 0 N–H and O–H groups in total. The Morgan fingerprint density at radius 2 is 2.07 bits per heavy atom. The van der Waals surface area contributed by atoms with Gasteiger partial charge in [0.05, 0.1) is 11.8 Å². The molecule has 0 unspecified atom stereocenters. The van der Waals surface area contributed by atoms with Crippen LogP contribution in [0.15, 0.2) is 30.9 Å². The summed E-state index contributed by atoms with van der Waals surface area (Å²) in [6.45, 7) is 1.91. The first kappa shape index (κ1) is 9.58. The zero-order valence-electron chi connectivity index (χ0n) is 8.64. The van der Waals surface area contributed by atoms with E-state index in [4.69, 9.17) is 0 Å². The fourth-order valence-corrected chi connectivity index (χ4v) is 1.38. The summed E-state index contributed by atoms with van der Waals surface area (Å²) in [4.78, 5) is 15.9. The van der Waals surface area contributed by atoms with Gasteiger partial charge in [-0.2, -0.15) is 5.10 Å². The lowest BCUT2D eigenvalue weighted by Gasteiger charge is -1.98. The zero-order valence-corrected chi connectivity index (χ0v) is 8.64. The summed E-state index contributed by atoms with van der Waals surface area (Å²) in [5.74, 6) is -0.0423. The molecule has 2 heterocycles. The van der Waals surface area contributed by atoms with Crippen LogP contribution in [0.5, 0.6) is 0 Å². The van der Waals surface area contributed by atoms with E-state index in [1.54, 1.807) is 36.5 Å². The molecule has 0 saturated carbocycles. The first-order valence-electron chi connectivity index (χ1n) is 4.62. The second kappa shape index (κ2) is 3.65. The first-order valence-corrected chi connectivity index (χ1v) is 4.62. The quantitative estimate of drug-likeness (QED) is 0.689. The van der Waals surface area contributed by atoms with E-state index in [1.165, 1.54) is 0 Å². The van der Waals surface area contributed by atoms with Gasteiger partial charge in [-0.25, -0.2) is 0 Å². The number of pyridine rings is 1. The molecule has 4 heteroatoms. The molecule has 0 amide bonds. The minimum atomic E-state index is -0.0423. The Balaban J connectivity index is 2.36. The Kier molecular flexibility index (Phi) is 2.33. The summed E-state index contributed by atoms with van der Waals surface area (Å²) in [7, 11) is 1.78. The third-order valence-corrected chi connectivity index (χ3v) is 2.10. The average Bonchev–Trinajstić information content (AvgIpc) is 2.64. The van der Waals surface area contributed by atoms with Gasteiger partial charge in [-0.15, -0.1) is 0 Å². The molecular weight excluding hydrogens is 190 g/mol. The molecular formula is C11H11N3O. The van der Waals surface area contributed by atoms with E-state index in [-0.39, 0.29) is 5.78 Å². The lowest BCUT2D eigenvalue weighted by Crippen LogP contribution is -2.01. The van der Waals surface area contributed by atoms with Crippen LogP contribution in [-0.2, 0) is 7.05 Å². The van der Waals surface area contributed by atoms with Crippen LogP contribution in [-0.4, -0.2) is 20.5 Å². The largest absolute Gasteiger partial charge is 0.288 e. The van der Waals surface area contributed by atoms with Crippen LogP contribution in [0.1, 0.15) is 21.5 Å². The number of nitrogens with zero attached hydrogens (tertiary/aromatic N) is 3. The Morgan fingerprint density at radius 1 is 1.27 bits per heavy atom. The van der Waals surface area contributed by atoms with Crippen LogP contribution in [0, 0.1) is 6.92 Å². The van der Waals surface area contributed by atoms with E-state index >= 15 is 0 Å². The fourth-order valence-electron chi connectivity index (χ4n) is 1.38. The molecule has 0 aliphatic carbocycles. The SMILES string of the molecule is Cc1cncc(C(=O)c2cnn(C)c2)c1. The van der Waals surface area contributed by atoms with Crippen molar-refractivity contribution in [2.24, 2.45) is 7.05 Å². The number of rotatable bonds is 2. The molecule has 0 fully saturated rings. The molecule has 4 nitrogen and oxygen atoms in total. The molecule has 2 aromatic rings. The van der Waals surface area contributed by atoms with Gasteiger partial charge >= 0.3 is 0 Å². The van der Waals surface area contributed by atoms with Crippen molar-refractivity contribution in [3.05, 3.63) is 47.5 Å². The summed E-state index contributed by atoms with van der Waals surface area (Å²) in [5.41, 5.74) is 2.16. The summed E-state index contributed by atoms with van der Waals surface area (Å²) in [6.07, 6.45) is 6.55. The number of carbonyl (C=O) groups is 1. The molecule has 0 radical (unpaired) electrons. The molecule has 0 aliphatic heterocycles. The van der Waals surface area contributed by atoms with Crippen LogP contribution >= 0.6 is 0 Å². The molecule has 2 aromatic heterocycles. The van der Waals surface area contributed by atoms with Crippen LogP contribution in [0.4, 0.5) is 0 Å². The molecule has 15 heavy (non-hydrogen) atoms. The Morgan fingerprint density at radius 3 is 2.67 bits per heavy atom. The highest BCUT2D eigenvalue weighted by Gasteiger charge is 2.10. The van der Waals surface area contributed by atoms with Crippen molar-refractivity contribution in [1.82, 2.24) is 14.8 Å². The van der Waals surface area contributed by atoms with E-state index in [0.29, 0.717) is 11.1 Å². The molecule has 0 atom stereocenters. The average molecular weight is 201 g/mol. The lowest BCUT2D eigenvalue weighted by molar-refractivity contribution is 0.103. The van der Waals surface area contributed by atoms with Gasteiger partial charge in [0.15, 0.2) is 5.78 Å². The number of hydrogen-bond acceptors (Lipinski definition) is 3. The number of aromatic nitrogens is 3. The number of hydrogen-bond donors (Lipinski definition) is 0. The van der Waals surface area contributed by atoms with Gasteiger partial charge in [-0.05, 0) is 18.6 Å². The maximum atomic E-state index is 11.9. The van der Waals surface area contributed by atoms with Gasteiger partial charge in [0.2, 0.25) is 0 Å². The summed E-state index contributed by atoms with van der Waals surface area (Å²) in [5, 5.41) is 3.96. The van der Waals surface area contributed by atoms with E-state index in [1.807, 2.05) is 13.0 Å². The zero-order chi connectivity index (χ0) is 10.8. The maximum absolute atomic E-state index is 11.9. The van der Waals surface area contributed by atoms with Gasteiger partial charge in [0.25, 0.3) is 0 Å². The molecule has 0 bridgehead atoms. The molecule has 2 rings (SSSR count). The Bertz CT molecular complexity index is 502. The van der Waals surface area contributed by atoms with E-state index in [2.05, 4.69) is 10.1 Å². The predicted molar refractivity (Wildman–Crippen MR) is 55.6 cm³/mol. The smallest absolute Gasteiger partial charge is 0.197 e. The Labute approximate surface area is 87.6 Å². The van der Waals surface area contributed by atoms with E-state index in [9.17, 15) is 4.79 Å². The molecule has 0 spiro atoms. The van der Waals surface area contributed by atoms with Gasteiger partial charge in [-0.3, -0.25) is 14.5 Å². The van der Waals surface area contributed by atoms with E-state index < -0.39 is 0 Å². The van der Waals surface area contributed by atoms with E-state index in [0.717, 1.165) is 5.56 Å². The maximum Gasteiger partial charge on any atom is 0.197 e. The van der Waals surface area contributed by atoms with Crippen LogP contribution < -0.4 is 0 Å². The Hall–Kier alpha value is -1.97. The first-order chi connectivity index (χ1) is 7.16. The third-order valence-electron chi connectivity index (χ3n) is 2.10. The molecule has 0 saturated heterocycles. The predicted octanol–water partition coefficient (Wildman–Crippen LogP) is 1.35. The van der Waals surface area contributed by atoms with Crippen molar-refractivity contribution in [1.29, 1.82) is 0 Å². The van der Waals surface area contributed by atoms with Crippen LogP contribution in [0.3, 0.4) is 0 Å². The van der Waals surface area contributed by atoms with Crippen molar-refractivity contribution >= 4 is 5.78 Å². The van der Waals surface area contributed by atoms with Crippen molar-refractivity contribution in [2.75, 3.05) is 0 Å². The number of carbonyl (C=O) groups excluding carboxylic acids is 1. The topological polar surface area (TPSA) is 47.8 Å². The monoisotopic (exact) mass is 201 g/mol. The minimum absolute atomic E-state index is 0.0423. The van der Waals surface area contributed by atoms with Crippen LogP contribution in [0.2, 0.25) is 0 Å². The van der Waals surface area contributed by atoms with Gasteiger partial charge in [0, 0.05) is 31.2 Å². The summed E-state index contributed by atoms with van der Waals surface area (Å²) < 4.78 is 1.61. The number of aryl methyl sites for hydroxylation is 2. The van der Waals surface area contributed by atoms with Gasteiger partial charge < -0.3 is 0 Å². The summed E-state index contributed by atoms with van der Waals surface area (Å²) in [6, 6.07) is 1.82. The third kappa shape index (κ3) is 1.93. The van der Waals surface area contributed by atoms with Crippen LogP contribution in [0.25, 0.3) is 0 Å². The highest BCUT2D eigenvalue weighted by molar-refractivity contribution is 6.08. The molecule has 0 aliphatic rings. The van der Waals surface area contributed by atoms with Gasteiger partial charge in [0.1, 0.15) is 0 Å². The second-order valence-corrected chi connectivity index (χ2v) is 3.48. The van der Waals surface area contributed by atoms with Crippen molar-refractivity contribution in [2.45, 2.75) is 6.92 Å². The highest BCUT2D eigenvalue weighted by Crippen LogP contribution is 2.08.